The molecule has 0 bridgehead atoms. The second-order valence-electron chi connectivity index (χ2n) is 4.85. The predicted molar refractivity (Wildman–Crippen MR) is 84.4 cm³/mol. The van der Waals surface area contributed by atoms with E-state index in [1.54, 1.807) is 17.8 Å². The lowest BCUT2D eigenvalue weighted by atomic mass is 10.1. The van der Waals surface area contributed by atoms with Gasteiger partial charge in [-0.25, -0.2) is 8.42 Å². The van der Waals surface area contributed by atoms with E-state index in [4.69, 9.17) is 0 Å². The zero-order chi connectivity index (χ0) is 14.8. The van der Waals surface area contributed by atoms with Crippen molar-refractivity contribution in [3.63, 3.8) is 0 Å². The van der Waals surface area contributed by atoms with Crippen molar-refractivity contribution in [1.29, 1.82) is 0 Å². The molecular formula is C14H19NO3S2. The van der Waals surface area contributed by atoms with Crippen molar-refractivity contribution < 1.29 is 13.2 Å². The maximum Gasteiger partial charge on any atom is 0.169 e. The quantitative estimate of drug-likeness (QED) is 0.798. The fourth-order valence-corrected chi connectivity index (χ4v) is 5.19. The first-order valence-corrected chi connectivity index (χ1v) is 9.71. The summed E-state index contributed by atoms with van der Waals surface area (Å²) in [7, 11) is -3.18. The summed E-state index contributed by atoms with van der Waals surface area (Å²) in [6, 6.07) is 7.29. The molecule has 0 aliphatic carbocycles. The molecular weight excluding hydrogens is 294 g/mol. The van der Waals surface area contributed by atoms with Gasteiger partial charge >= 0.3 is 0 Å². The first-order chi connectivity index (χ1) is 9.45. The van der Waals surface area contributed by atoms with Gasteiger partial charge in [-0.2, -0.15) is 11.8 Å². The topological polar surface area (TPSA) is 54.5 Å². The number of benzene rings is 1. The van der Waals surface area contributed by atoms with Gasteiger partial charge < -0.3 is 4.90 Å². The minimum Gasteiger partial charge on any atom is -0.353 e. The zero-order valence-corrected chi connectivity index (χ0v) is 13.3. The number of rotatable bonds is 4. The van der Waals surface area contributed by atoms with E-state index in [9.17, 15) is 13.2 Å². The minimum absolute atomic E-state index is 0.0473. The standard InChI is InChI=1S/C14H19NO3S2/c1-3-13(16)11-6-4-5-7-12(11)15-8-9-19-10-14(15)20(2,17)18/h4-7,14H,3,8-10H2,1-2H3. The van der Waals surface area contributed by atoms with Crippen LogP contribution in [-0.2, 0) is 9.84 Å². The molecule has 1 unspecified atom stereocenters. The molecule has 0 amide bonds. The molecule has 1 aromatic carbocycles. The lowest BCUT2D eigenvalue weighted by molar-refractivity contribution is 0.0988. The van der Waals surface area contributed by atoms with Crippen LogP contribution in [0.25, 0.3) is 0 Å². The number of hydrogen-bond donors (Lipinski definition) is 0. The van der Waals surface area contributed by atoms with Crippen LogP contribution in [0.15, 0.2) is 24.3 Å². The maximum atomic E-state index is 12.1. The van der Waals surface area contributed by atoms with Crippen LogP contribution in [0.2, 0.25) is 0 Å². The summed E-state index contributed by atoms with van der Waals surface area (Å²) < 4.78 is 24.0. The lowest BCUT2D eigenvalue weighted by Gasteiger charge is -2.36. The van der Waals surface area contributed by atoms with E-state index >= 15 is 0 Å². The summed E-state index contributed by atoms with van der Waals surface area (Å²) in [4.78, 5) is 13.9. The first kappa shape index (κ1) is 15.4. The van der Waals surface area contributed by atoms with Crippen LogP contribution < -0.4 is 4.90 Å². The molecule has 0 aromatic heterocycles. The summed E-state index contributed by atoms with van der Waals surface area (Å²) in [5.41, 5.74) is 1.37. The Labute approximate surface area is 124 Å². The van der Waals surface area contributed by atoms with E-state index in [1.807, 2.05) is 30.0 Å². The van der Waals surface area contributed by atoms with Gasteiger partial charge in [0.15, 0.2) is 15.6 Å². The van der Waals surface area contributed by atoms with E-state index < -0.39 is 15.2 Å². The molecule has 20 heavy (non-hydrogen) atoms. The van der Waals surface area contributed by atoms with Gasteiger partial charge in [-0.1, -0.05) is 19.1 Å². The molecule has 0 saturated carbocycles. The van der Waals surface area contributed by atoms with Crippen LogP contribution in [0.5, 0.6) is 0 Å². The summed E-state index contributed by atoms with van der Waals surface area (Å²) in [6.07, 6.45) is 1.68. The molecule has 1 saturated heterocycles. The fourth-order valence-electron chi connectivity index (χ4n) is 2.36. The smallest absolute Gasteiger partial charge is 0.169 e. The first-order valence-electron chi connectivity index (χ1n) is 6.60. The van der Waals surface area contributed by atoms with E-state index in [0.29, 0.717) is 24.3 Å². The average Bonchev–Trinajstić information content (AvgIpc) is 2.45. The molecule has 1 heterocycles. The van der Waals surface area contributed by atoms with Crippen molar-refractivity contribution in [2.45, 2.75) is 18.7 Å². The predicted octanol–water partition coefficient (Wildman–Crippen LogP) is 2.20. The van der Waals surface area contributed by atoms with Gasteiger partial charge in [-0.05, 0) is 12.1 Å². The monoisotopic (exact) mass is 313 g/mol. The van der Waals surface area contributed by atoms with Crippen LogP contribution in [0.3, 0.4) is 0 Å². The number of sulfone groups is 1. The zero-order valence-electron chi connectivity index (χ0n) is 11.7. The number of thioether (sulfide) groups is 1. The van der Waals surface area contributed by atoms with Crippen molar-refractivity contribution in [3.8, 4) is 0 Å². The summed E-state index contributed by atoms with van der Waals surface area (Å²) in [5, 5.41) is -0.549. The highest BCUT2D eigenvalue weighted by Gasteiger charge is 2.32. The summed E-state index contributed by atoms with van der Waals surface area (Å²) >= 11 is 1.64. The second kappa shape index (κ2) is 6.18. The Kier molecular flexibility index (Phi) is 4.75. The van der Waals surface area contributed by atoms with Crippen LogP contribution in [0.4, 0.5) is 5.69 Å². The van der Waals surface area contributed by atoms with Gasteiger partial charge in [-0.15, -0.1) is 0 Å². The number of Topliss-reactive ketones (excluding diaryl/α,β-unsaturated/α-hetero) is 1. The van der Waals surface area contributed by atoms with Gasteiger partial charge in [0.25, 0.3) is 0 Å². The normalized spacial score (nSPS) is 19.9. The number of anilines is 1. The number of carbonyl (C=O) groups is 1. The van der Waals surface area contributed by atoms with Crippen LogP contribution in [0, 0.1) is 0 Å². The summed E-state index contributed by atoms with van der Waals surface area (Å²) in [5.74, 6) is 1.47. The van der Waals surface area contributed by atoms with Crippen LogP contribution >= 0.6 is 11.8 Å². The molecule has 1 aromatic rings. The molecule has 0 radical (unpaired) electrons. The molecule has 1 fully saturated rings. The van der Waals surface area contributed by atoms with Crippen molar-refractivity contribution >= 4 is 33.1 Å². The van der Waals surface area contributed by atoms with Crippen LogP contribution in [0.1, 0.15) is 23.7 Å². The van der Waals surface area contributed by atoms with Crippen molar-refractivity contribution in [2.24, 2.45) is 0 Å². The second-order valence-corrected chi connectivity index (χ2v) is 8.20. The van der Waals surface area contributed by atoms with Crippen LogP contribution in [-0.4, -0.2) is 43.9 Å². The highest BCUT2D eigenvalue weighted by atomic mass is 32.2. The van der Waals surface area contributed by atoms with Gasteiger partial charge in [0, 0.05) is 42.0 Å². The highest BCUT2D eigenvalue weighted by Crippen LogP contribution is 2.30. The minimum atomic E-state index is -3.18. The van der Waals surface area contributed by atoms with Gasteiger partial charge in [0.1, 0.15) is 5.37 Å². The molecule has 0 spiro atoms. The van der Waals surface area contributed by atoms with E-state index in [-0.39, 0.29) is 5.78 Å². The van der Waals surface area contributed by atoms with Crippen molar-refractivity contribution in [3.05, 3.63) is 29.8 Å². The Hall–Kier alpha value is -1.01. The Bertz CT molecular complexity index is 598. The highest BCUT2D eigenvalue weighted by molar-refractivity contribution is 8.01. The van der Waals surface area contributed by atoms with E-state index in [0.717, 1.165) is 11.4 Å². The van der Waals surface area contributed by atoms with Crippen molar-refractivity contribution in [2.75, 3.05) is 29.2 Å². The average molecular weight is 313 g/mol. The third-order valence-electron chi connectivity index (χ3n) is 3.41. The number of hydrogen-bond acceptors (Lipinski definition) is 5. The molecule has 110 valence electrons. The number of carbonyl (C=O) groups excluding carboxylic acids is 1. The molecule has 1 atom stereocenters. The molecule has 1 aliphatic rings. The number of nitrogens with zero attached hydrogens (tertiary/aromatic N) is 1. The van der Waals surface area contributed by atoms with Gasteiger partial charge in [-0.3, -0.25) is 4.79 Å². The largest absolute Gasteiger partial charge is 0.353 e. The SMILES string of the molecule is CCC(=O)c1ccccc1N1CCSCC1S(C)(=O)=O. The Morgan fingerprint density at radius 3 is 2.75 bits per heavy atom. The third-order valence-corrected chi connectivity index (χ3v) is 6.06. The molecule has 1 aliphatic heterocycles. The summed E-state index contributed by atoms with van der Waals surface area (Å²) in [6.45, 7) is 2.47. The molecule has 0 N–H and O–H groups in total. The Balaban J connectivity index is 2.46. The molecule has 4 nitrogen and oxygen atoms in total. The van der Waals surface area contributed by atoms with Gasteiger partial charge in [0.05, 0.1) is 0 Å². The third kappa shape index (κ3) is 3.17. The Morgan fingerprint density at radius 2 is 2.10 bits per heavy atom. The van der Waals surface area contributed by atoms with Crippen molar-refractivity contribution in [1.82, 2.24) is 0 Å². The molecule has 6 heteroatoms. The Morgan fingerprint density at radius 1 is 1.40 bits per heavy atom. The number of ketones is 1. The fraction of sp³-hybridized carbons (Fsp3) is 0.500. The lowest BCUT2D eigenvalue weighted by Crippen LogP contribution is -2.47. The molecule has 2 rings (SSSR count). The number of para-hydroxylation sites is 1. The maximum absolute atomic E-state index is 12.1. The van der Waals surface area contributed by atoms with E-state index in [2.05, 4.69) is 0 Å². The van der Waals surface area contributed by atoms with E-state index in [1.165, 1.54) is 6.26 Å². The van der Waals surface area contributed by atoms with Gasteiger partial charge in [0.2, 0.25) is 0 Å².